The summed E-state index contributed by atoms with van der Waals surface area (Å²) in [4.78, 5) is 0. The fourth-order valence-corrected chi connectivity index (χ4v) is 3.58. The van der Waals surface area contributed by atoms with Gasteiger partial charge >= 0.3 is 0 Å². The van der Waals surface area contributed by atoms with Gasteiger partial charge in [-0.15, -0.1) is 0 Å². The van der Waals surface area contributed by atoms with E-state index in [1.165, 1.54) is 28.8 Å². The highest BCUT2D eigenvalue weighted by Gasteiger charge is 2.10. The summed E-state index contributed by atoms with van der Waals surface area (Å²) in [5, 5.41) is 1.49. The van der Waals surface area contributed by atoms with Crippen molar-refractivity contribution < 1.29 is 8.78 Å². The molecule has 4 aromatic rings. The third-order valence-electron chi connectivity index (χ3n) is 5.31. The minimum Gasteiger partial charge on any atom is -0.207 e. The van der Waals surface area contributed by atoms with Crippen molar-refractivity contribution in [1.29, 1.82) is 0 Å². The van der Waals surface area contributed by atoms with Gasteiger partial charge in [0, 0.05) is 10.9 Å². The molecule has 0 radical (unpaired) electrons. The van der Waals surface area contributed by atoms with Crippen LogP contribution in [0.2, 0.25) is 0 Å². The Kier molecular flexibility index (Phi) is 5.21. The smallest absolute Gasteiger partial charge is 0.138 e. The Morgan fingerprint density at radius 3 is 2.00 bits per heavy atom. The van der Waals surface area contributed by atoms with E-state index >= 15 is 4.39 Å². The summed E-state index contributed by atoms with van der Waals surface area (Å²) in [5.41, 5.74) is 5.04. The Labute approximate surface area is 164 Å². The second kappa shape index (κ2) is 7.93. The van der Waals surface area contributed by atoms with Crippen LogP contribution >= 0.6 is 0 Å². The maximum absolute atomic E-state index is 15.0. The van der Waals surface area contributed by atoms with Crippen LogP contribution in [0.4, 0.5) is 8.78 Å². The second-order valence-electron chi connectivity index (χ2n) is 7.16. The molecule has 0 bridgehead atoms. The fourth-order valence-electron chi connectivity index (χ4n) is 3.58. The minimum atomic E-state index is -0.320. The Bertz CT molecular complexity index is 1090. The Hall–Kier alpha value is -3.00. The molecule has 2 heteroatoms. The predicted molar refractivity (Wildman–Crippen MR) is 113 cm³/mol. The molecule has 0 atom stereocenters. The van der Waals surface area contributed by atoms with Gasteiger partial charge < -0.3 is 0 Å². The van der Waals surface area contributed by atoms with Crippen LogP contribution in [0, 0.1) is 11.6 Å². The molecule has 4 aromatic carbocycles. The molecule has 140 valence electrons. The van der Waals surface area contributed by atoms with Crippen molar-refractivity contribution in [2.45, 2.75) is 26.2 Å². The van der Waals surface area contributed by atoms with Crippen LogP contribution < -0.4 is 0 Å². The summed E-state index contributed by atoms with van der Waals surface area (Å²) < 4.78 is 28.2. The van der Waals surface area contributed by atoms with Crippen molar-refractivity contribution in [3.63, 3.8) is 0 Å². The first-order valence-electron chi connectivity index (χ1n) is 9.69. The SMILES string of the molecule is CCc1ccc(CCc2ccc3c(F)c(-c4ccc(F)cc4)ccc3c2)cc1. The van der Waals surface area contributed by atoms with Crippen LogP contribution in [0.5, 0.6) is 0 Å². The maximum atomic E-state index is 15.0. The first-order valence-corrected chi connectivity index (χ1v) is 9.69. The number of rotatable bonds is 5. The largest absolute Gasteiger partial charge is 0.207 e. The lowest BCUT2D eigenvalue weighted by Gasteiger charge is -2.09. The zero-order chi connectivity index (χ0) is 19.5. The van der Waals surface area contributed by atoms with Crippen molar-refractivity contribution in [3.05, 3.63) is 107 Å². The van der Waals surface area contributed by atoms with Crippen molar-refractivity contribution in [2.24, 2.45) is 0 Å². The van der Waals surface area contributed by atoms with Crippen LogP contribution in [0.15, 0.2) is 78.9 Å². The molecular weight excluding hydrogens is 350 g/mol. The summed E-state index contributed by atoms with van der Waals surface area (Å²) in [6, 6.07) is 24.3. The van der Waals surface area contributed by atoms with Crippen molar-refractivity contribution in [1.82, 2.24) is 0 Å². The van der Waals surface area contributed by atoms with E-state index in [-0.39, 0.29) is 11.6 Å². The molecule has 0 aromatic heterocycles. The molecule has 4 rings (SSSR count). The molecule has 0 fully saturated rings. The minimum absolute atomic E-state index is 0.259. The summed E-state index contributed by atoms with van der Waals surface area (Å²) in [6.07, 6.45) is 2.94. The van der Waals surface area contributed by atoms with Crippen LogP contribution in [-0.2, 0) is 19.3 Å². The van der Waals surface area contributed by atoms with Gasteiger partial charge in [0.1, 0.15) is 11.6 Å². The number of aryl methyl sites for hydroxylation is 3. The highest BCUT2D eigenvalue weighted by atomic mass is 19.1. The molecule has 0 saturated carbocycles. The van der Waals surface area contributed by atoms with E-state index in [4.69, 9.17) is 0 Å². The van der Waals surface area contributed by atoms with Crippen LogP contribution in [0.25, 0.3) is 21.9 Å². The van der Waals surface area contributed by atoms with Gasteiger partial charge in [-0.2, -0.15) is 0 Å². The lowest BCUT2D eigenvalue weighted by molar-refractivity contribution is 0.627. The van der Waals surface area contributed by atoms with E-state index in [9.17, 15) is 4.39 Å². The first-order chi connectivity index (χ1) is 13.6. The highest BCUT2D eigenvalue weighted by molar-refractivity contribution is 5.88. The third-order valence-corrected chi connectivity index (χ3v) is 5.31. The summed E-state index contributed by atoms with van der Waals surface area (Å²) in [7, 11) is 0. The van der Waals surface area contributed by atoms with Crippen molar-refractivity contribution in [3.8, 4) is 11.1 Å². The summed E-state index contributed by atoms with van der Waals surface area (Å²) >= 11 is 0. The Balaban J connectivity index is 1.57. The van der Waals surface area contributed by atoms with Crippen LogP contribution in [0.1, 0.15) is 23.6 Å². The van der Waals surface area contributed by atoms with E-state index < -0.39 is 0 Å². The number of hydrogen-bond acceptors (Lipinski definition) is 0. The van der Waals surface area contributed by atoms with E-state index in [0.29, 0.717) is 16.5 Å². The zero-order valence-electron chi connectivity index (χ0n) is 15.9. The summed E-state index contributed by atoms with van der Waals surface area (Å²) in [6.45, 7) is 2.16. The van der Waals surface area contributed by atoms with Gasteiger partial charge in [-0.1, -0.05) is 73.7 Å². The fraction of sp³-hybridized carbons (Fsp3) is 0.154. The first kappa shape index (κ1) is 18.4. The van der Waals surface area contributed by atoms with Gasteiger partial charge in [-0.3, -0.25) is 0 Å². The van der Waals surface area contributed by atoms with Crippen LogP contribution in [0.3, 0.4) is 0 Å². The molecule has 0 heterocycles. The van der Waals surface area contributed by atoms with Gasteiger partial charge in [0.15, 0.2) is 0 Å². The van der Waals surface area contributed by atoms with Gasteiger partial charge in [0.25, 0.3) is 0 Å². The lowest BCUT2D eigenvalue weighted by Crippen LogP contribution is -1.93. The highest BCUT2D eigenvalue weighted by Crippen LogP contribution is 2.30. The number of halogens is 2. The topological polar surface area (TPSA) is 0 Å². The second-order valence-corrected chi connectivity index (χ2v) is 7.16. The number of hydrogen-bond donors (Lipinski definition) is 0. The number of fused-ring (bicyclic) bond motifs is 1. The van der Waals surface area contributed by atoms with Gasteiger partial charge in [-0.25, -0.2) is 8.78 Å². The van der Waals surface area contributed by atoms with E-state index in [1.807, 2.05) is 18.2 Å². The molecular formula is C26H22F2. The van der Waals surface area contributed by atoms with E-state index in [0.717, 1.165) is 24.6 Å². The van der Waals surface area contributed by atoms with E-state index in [2.05, 4.69) is 37.3 Å². The molecule has 0 aliphatic heterocycles. The van der Waals surface area contributed by atoms with Gasteiger partial charge in [0.05, 0.1) is 0 Å². The van der Waals surface area contributed by atoms with Gasteiger partial charge in [0.2, 0.25) is 0 Å². The molecule has 0 unspecified atom stereocenters. The third kappa shape index (κ3) is 3.82. The lowest BCUT2D eigenvalue weighted by atomic mass is 9.97. The predicted octanol–water partition coefficient (Wildman–Crippen LogP) is 7.13. The molecule has 0 aliphatic rings. The Morgan fingerprint density at radius 1 is 0.643 bits per heavy atom. The normalized spacial score (nSPS) is 11.1. The van der Waals surface area contributed by atoms with Crippen LogP contribution in [-0.4, -0.2) is 0 Å². The van der Waals surface area contributed by atoms with Gasteiger partial charge in [-0.05, 0) is 59.0 Å². The summed E-state index contributed by atoms with van der Waals surface area (Å²) in [5.74, 6) is -0.579. The van der Waals surface area contributed by atoms with Crippen molar-refractivity contribution in [2.75, 3.05) is 0 Å². The average Bonchev–Trinajstić information content (AvgIpc) is 2.74. The molecule has 0 nitrogen and oxygen atoms in total. The standard InChI is InChI=1S/C26H22F2/c1-2-18-3-5-19(6-4-18)7-8-20-9-15-25-22(17-20)12-16-24(26(25)28)21-10-13-23(27)14-11-21/h3-6,9-17H,2,7-8H2,1H3. The maximum Gasteiger partial charge on any atom is 0.138 e. The van der Waals surface area contributed by atoms with E-state index in [1.54, 1.807) is 18.2 Å². The van der Waals surface area contributed by atoms with Crippen molar-refractivity contribution >= 4 is 10.8 Å². The molecule has 28 heavy (non-hydrogen) atoms. The molecule has 0 N–H and O–H groups in total. The molecule has 0 spiro atoms. The molecule has 0 saturated heterocycles. The monoisotopic (exact) mass is 372 g/mol. The Morgan fingerprint density at radius 2 is 1.29 bits per heavy atom. The number of benzene rings is 4. The zero-order valence-corrected chi connectivity index (χ0v) is 15.9. The molecule has 0 aliphatic carbocycles. The average molecular weight is 372 g/mol. The quantitative estimate of drug-likeness (QED) is 0.349. The molecule has 0 amide bonds.